The predicted octanol–water partition coefficient (Wildman–Crippen LogP) is 2.51. The van der Waals surface area contributed by atoms with Gasteiger partial charge in [0.1, 0.15) is 11.6 Å². The Bertz CT molecular complexity index is 953. The van der Waals surface area contributed by atoms with E-state index >= 15 is 0 Å². The molecule has 1 aliphatic carbocycles. The van der Waals surface area contributed by atoms with Crippen molar-refractivity contribution < 1.29 is 18.3 Å². The summed E-state index contributed by atoms with van der Waals surface area (Å²) in [5.41, 5.74) is 6.92. The number of ether oxygens (including phenoxy) is 2. The molecule has 2 aromatic heterocycles. The zero-order valence-electron chi connectivity index (χ0n) is 17.4. The van der Waals surface area contributed by atoms with Crippen LogP contribution in [0.4, 0.5) is 20.4 Å². The molecule has 5 rings (SSSR count). The smallest absolute Gasteiger partial charge is 0.387 e. The number of nitrogens with zero attached hydrogens (tertiary/aromatic N) is 5. The number of aromatic nitrogens is 3. The highest BCUT2D eigenvalue weighted by atomic mass is 19.3. The topological polar surface area (TPSA) is 89.6 Å². The van der Waals surface area contributed by atoms with Gasteiger partial charge < -0.3 is 20.1 Å². The maximum absolute atomic E-state index is 12.7. The predicted molar refractivity (Wildman–Crippen MR) is 111 cm³/mol. The molecular formula is C21H26F2N6O2. The molecule has 0 spiro atoms. The molecule has 0 aromatic carbocycles. The molecule has 1 atom stereocenters. The van der Waals surface area contributed by atoms with Crippen molar-refractivity contribution in [1.82, 2.24) is 19.9 Å². The minimum atomic E-state index is -2.97. The molecule has 0 radical (unpaired) electrons. The molecule has 8 nitrogen and oxygen atoms in total. The van der Waals surface area contributed by atoms with Gasteiger partial charge in [-0.15, -0.1) is 0 Å². The van der Waals surface area contributed by atoms with Crippen LogP contribution in [-0.2, 0) is 4.74 Å². The molecule has 3 aliphatic rings. The van der Waals surface area contributed by atoms with Gasteiger partial charge in [-0.2, -0.15) is 8.78 Å². The number of nitrogen functional groups attached to an aromatic ring is 1. The molecule has 2 N–H and O–H groups in total. The summed E-state index contributed by atoms with van der Waals surface area (Å²) in [7, 11) is 0. The molecule has 4 heterocycles. The number of piperazine rings is 1. The fraction of sp³-hybridized carbons (Fsp3) is 0.571. The molecule has 2 saturated heterocycles. The molecule has 2 aromatic rings. The fourth-order valence-corrected chi connectivity index (χ4v) is 4.15. The van der Waals surface area contributed by atoms with Gasteiger partial charge in [-0.3, -0.25) is 4.90 Å². The van der Waals surface area contributed by atoms with E-state index < -0.39 is 6.61 Å². The number of hydrogen-bond donors (Lipinski definition) is 1. The van der Waals surface area contributed by atoms with Gasteiger partial charge in [-0.1, -0.05) is 0 Å². The monoisotopic (exact) mass is 432 g/mol. The van der Waals surface area contributed by atoms with Crippen molar-refractivity contribution >= 4 is 11.6 Å². The average molecular weight is 432 g/mol. The molecule has 0 bridgehead atoms. The van der Waals surface area contributed by atoms with Crippen molar-refractivity contribution in [2.75, 3.05) is 43.5 Å². The van der Waals surface area contributed by atoms with Crippen molar-refractivity contribution in [3.8, 4) is 17.0 Å². The number of hydrogen-bond acceptors (Lipinski definition) is 8. The highest BCUT2D eigenvalue weighted by Gasteiger charge is 2.34. The Balaban J connectivity index is 1.44. The van der Waals surface area contributed by atoms with Crippen molar-refractivity contribution in [3.63, 3.8) is 0 Å². The zero-order chi connectivity index (χ0) is 21.5. The largest absolute Gasteiger partial charge is 0.431 e. The number of pyridine rings is 1. The van der Waals surface area contributed by atoms with Crippen molar-refractivity contribution in [3.05, 3.63) is 24.2 Å². The van der Waals surface area contributed by atoms with Crippen LogP contribution in [0, 0.1) is 0 Å². The van der Waals surface area contributed by atoms with E-state index in [-0.39, 0.29) is 17.6 Å². The third-order valence-corrected chi connectivity index (χ3v) is 6.16. The summed E-state index contributed by atoms with van der Waals surface area (Å²) in [6, 6.07) is 4.17. The molecule has 10 heteroatoms. The molecule has 1 unspecified atom stereocenters. The molecular weight excluding hydrogens is 406 g/mol. The molecule has 166 valence electrons. The maximum atomic E-state index is 12.7. The maximum Gasteiger partial charge on any atom is 0.387 e. The summed E-state index contributed by atoms with van der Waals surface area (Å²) < 4.78 is 35.3. The Morgan fingerprint density at radius 2 is 2.00 bits per heavy atom. The van der Waals surface area contributed by atoms with E-state index in [0.717, 1.165) is 57.3 Å². The molecule has 1 saturated carbocycles. The number of nitrogens with two attached hydrogens (primary N) is 1. The lowest BCUT2D eigenvalue weighted by Gasteiger charge is -2.46. The lowest BCUT2D eigenvalue weighted by atomic mass is 10.1. The van der Waals surface area contributed by atoms with Gasteiger partial charge in [-0.25, -0.2) is 15.0 Å². The minimum Gasteiger partial charge on any atom is -0.431 e. The Hall–Kier alpha value is -2.59. The van der Waals surface area contributed by atoms with Crippen LogP contribution in [0.15, 0.2) is 18.3 Å². The summed E-state index contributed by atoms with van der Waals surface area (Å²) in [4.78, 5) is 18.4. The Labute approximate surface area is 179 Å². The lowest BCUT2D eigenvalue weighted by molar-refractivity contribution is -0.0692. The van der Waals surface area contributed by atoms with Gasteiger partial charge in [0.25, 0.3) is 0 Å². The van der Waals surface area contributed by atoms with E-state index in [1.165, 1.54) is 12.3 Å². The molecule has 0 amide bonds. The first kappa shape index (κ1) is 20.3. The average Bonchev–Trinajstić information content (AvgIpc) is 3.53. The summed E-state index contributed by atoms with van der Waals surface area (Å²) >= 11 is 0. The Morgan fingerprint density at radius 1 is 1.19 bits per heavy atom. The fourth-order valence-electron chi connectivity index (χ4n) is 4.15. The SMILES string of the molecule is CC1CN(C2COC2)CCN1c1cc(-c2cnc(N)c(OC(F)F)c2)nc(C2CC2)n1. The second-order valence-corrected chi connectivity index (χ2v) is 8.46. The Kier molecular flexibility index (Phi) is 5.35. The van der Waals surface area contributed by atoms with Crippen LogP contribution in [0.2, 0.25) is 0 Å². The van der Waals surface area contributed by atoms with Crippen molar-refractivity contribution in [1.29, 1.82) is 0 Å². The highest BCUT2D eigenvalue weighted by molar-refractivity contribution is 5.67. The quantitative estimate of drug-likeness (QED) is 0.745. The van der Waals surface area contributed by atoms with Crippen LogP contribution in [0.25, 0.3) is 11.3 Å². The Morgan fingerprint density at radius 3 is 2.65 bits per heavy atom. The van der Waals surface area contributed by atoms with Crippen LogP contribution < -0.4 is 15.4 Å². The van der Waals surface area contributed by atoms with Crippen LogP contribution >= 0.6 is 0 Å². The van der Waals surface area contributed by atoms with Gasteiger partial charge in [0.05, 0.1) is 24.9 Å². The first-order valence-electron chi connectivity index (χ1n) is 10.7. The van der Waals surface area contributed by atoms with E-state index in [4.69, 9.17) is 20.4 Å². The normalized spacial score (nSPS) is 22.6. The van der Waals surface area contributed by atoms with Gasteiger partial charge in [0.2, 0.25) is 0 Å². The summed E-state index contributed by atoms with van der Waals surface area (Å²) in [6.45, 7) is 3.60. The first-order chi connectivity index (χ1) is 15.0. The zero-order valence-corrected chi connectivity index (χ0v) is 17.4. The third-order valence-electron chi connectivity index (χ3n) is 6.16. The van der Waals surface area contributed by atoms with Gasteiger partial charge >= 0.3 is 6.61 Å². The van der Waals surface area contributed by atoms with E-state index in [2.05, 4.69) is 26.4 Å². The third kappa shape index (κ3) is 4.27. The molecule has 2 aliphatic heterocycles. The second kappa shape index (κ2) is 8.16. The standard InChI is InChI=1S/C21H26F2N6O2/c1-12-9-28(15-10-30-11-15)4-5-29(12)18-7-16(26-20(27-18)13-2-3-13)14-6-17(31-21(22)23)19(24)25-8-14/h6-8,12-13,15,21H,2-5,9-11H2,1H3,(H2,24,25). The minimum absolute atomic E-state index is 0.0783. The summed E-state index contributed by atoms with van der Waals surface area (Å²) in [5, 5.41) is 0. The van der Waals surface area contributed by atoms with Gasteiger partial charge in [-0.05, 0) is 25.8 Å². The van der Waals surface area contributed by atoms with E-state index in [0.29, 0.717) is 23.2 Å². The van der Waals surface area contributed by atoms with E-state index in [9.17, 15) is 8.78 Å². The van der Waals surface area contributed by atoms with Crippen molar-refractivity contribution in [2.45, 2.75) is 44.4 Å². The molecule has 31 heavy (non-hydrogen) atoms. The van der Waals surface area contributed by atoms with Gasteiger partial charge in [0.15, 0.2) is 11.6 Å². The van der Waals surface area contributed by atoms with Crippen LogP contribution in [-0.4, -0.2) is 71.4 Å². The van der Waals surface area contributed by atoms with E-state index in [1.807, 2.05) is 6.07 Å². The number of rotatable bonds is 6. The van der Waals surface area contributed by atoms with Crippen LogP contribution in [0.5, 0.6) is 5.75 Å². The highest BCUT2D eigenvalue weighted by Crippen LogP contribution is 2.40. The first-order valence-corrected chi connectivity index (χ1v) is 10.7. The summed E-state index contributed by atoms with van der Waals surface area (Å²) in [5.74, 6) is 1.77. The van der Waals surface area contributed by atoms with Crippen molar-refractivity contribution in [2.24, 2.45) is 0 Å². The van der Waals surface area contributed by atoms with Crippen LogP contribution in [0.1, 0.15) is 31.5 Å². The summed E-state index contributed by atoms with van der Waals surface area (Å²) in [6.07, 6.45) is 3.66. The number of anilines is 2. The lowest BCUT2D eigenvalue weighted by Crippen LogP contribution is -2.59. The molecule has 3 fully saturated rings. The van der Waals surface area contributed by atoms with Gasteiger partial charge in [0, 0.05) is 49.4 Å². The van der Waals surface area contributed by atoms with E-state index in [1.54, 1.807) is 0 Å². The number of alkyl halides is 2. The number of halogens is 2. The van der Waals surface area contributed by atoms with Crippen LogP contribution in [0.3, 0.4) is 0 Å². The second-order valence-electron chi connectivity index (χ2n) is 8.46.